The van der Waals surface area contributed by atoms with Crippen molar-refractivity contribution in [3.63, 3.8) is 0 Å². The molecule has 2 aromatic heterocycles. The van der Waals surface area contributed by atoms with Crippen LogP contribution in [0.3, 0.4) is 0 Å². The molecule has 10 nitrogen and oxygen atoms in total. The Bertz CT molecular complexity index is 976. The number of rotatable bonds is 8. The quantitative estimate of drug-likeness (QED) is 0.209. The second kappa shape index (κ2) is 12.3. The molecule has 182 valence electrons. The average molecular weight is 509 g/mol. The zero-order valence-corrected chi connectivity index (χ0v) is 19.8. The summed E-state index contributed by atoms with van der Waals surface area (Å²) in [7, 11) is 0. The van der Waals surface area contributed by atoms with Crippen LogP contribution in [0.1, 0.15) is 46.4 Å². The van der Waals surface area contributed by atoms with Gasteiger partial charge in [-0.3, -0.25) is 30.0 Å². The lowest BCUT2D eigenvalue weighted by molar-refractivity contribution is -0.684. The highest BCUT2D eigenvalue weighted by molar-refractivity contribution is 5.98. The van der Waals surface area contributed by atoms with Gasteiger partial charge in [0, 0.05) is 24.2 Å². The first-order chi connectivity index (χ1) is 15.5. The second-order valence-electron chi connectivity index (χ2n) is 8.12. The van der Waals surface area contributed by atoms with Gasteiger partial charge in [0.05, 0.1) is 0 Å². The molecule has 0 aliphatic heterocycles. The van der Waals surface area contributed by atoms with Crippen LogP contribution in [0.4, 0.5) is 0 Å². The van der Waals surface area contributed by atoms with E-state index in [9.17, 15) is 19.2 Å². The van der Waals surface area contributed by atoms with Crippen molar-refractivity contribution < 1.29 is 53.1 Å². The van der Waals surface area contributed by atoms with E-state index in [0.717, 1.165) is 25.7 Å². The van der Waals surface area contributed by atoms with Gasteiger partial charge in [0.25, 0.3) is 23.6 Å². The maximum atomic E-state index is 12.4. The lowest BCUT2D eigenvalue weighted by Gasteiger charge is -2.07. The number of nitrogens with one attached hydrogen (secondary N) is 4. The topological polar surface area (TPSA) is 124 Å². The summed E-state index contributed by atoms with van der Waals surface area (Å²) in [5, 5.41) is 5.79. The van der Waals surface area contributed by atoms with E-state index in [0.29, 0.717) is 11.1 Å². The maximum absolute atomic E-state index is 12.4. The third kappa shape index (κ3) is 8.27. The highest BCUT2D eigenvalue weighted by Gasteiger charge is 2.26. The molecule has 0 radical (unpaired) electrons. The largest absolute Gasteiger partial charge is 1.00 e. The van der Waals surface area contributed by atoms with Crippen LogP contribution in [0, 0.1) is 0 Å². The van der Waals surface area contributed by atoms with Crippen LogP contribution in [0.15, 0.2) is 49.1 Å². The minimum atomic E-state index is -0.511. The van der Waals surface area contributed by atoms with Crippen LogP contribution in [0.25, 0.3) is 0 Å². The van der Waals surface area contributed by atoms with Crippen LogP contribution in [-0.2, 0) is 22.7 Å². The van der Waals surface area contributed by atoms with E-state index in [1.807, 2.05) is 0 Å². The number of halogens is 2. The zero-order valence-electron chi connectivity index (χ0n) is 18.3. The van der Waals surface area contributed by atoms with E-state index in [1.54, 1.807) is 58.2 Å². The monoisotopic (exact) mass is 508 g/mol. The Morgan fingerprint density at radius 3 is 1.44 bits per heavy atom. The van der Waals surface area contributed by atoms with Crippen molar-refractivity contribution >= 4 is 23.6 Å². The molecule has 0 atom stereocenters. The predicted molar refractivity (Wildman–Crippen MR) is 111 cm³/mol. The molecule has 2 fully saturated rings. The van der Waals surface area contributed by atoms with Gasteiger partial charge in [-0.25, -0.2) is 0 Å². The Balaban J connectivity index is 0.00000204. The van der Waals surface area contributed by atoms with Crippen LogP contribution < -0.4 is 55.4 Å². The molecule has 0 spiro atoms. The SMILES string of the molecule is O=C(C[n+]1cccc(C(=O)NNC(=O)c2ccc[n+](CC(=O)NC3CC3)c2)c1)NC1CC1.[Cl-].[Cl-]. The fraction of sp³-hybridized carbons (Fsp3) is 0.364. The molecule has 4 amide bonds. The molecule has 0 bridgehead atoms. The highest BCUT2D eigenvalue weighted by atomic mass is 35.5. The van der Waals surface area contributed by atoms with Gasteiger partial charge in [-0.15, -0.1) is 0 Å². The first-order valence-corrected chi connectivity index (χ1v) is 10.6. The van der Waals surface area contributed by atoms with Gasteiger partial charge in [0.1, 0.15) is 11.1 Å². The number of hydrogen-bond donors (Lipinski definition) is 4. The molecule has 4 N–H and O–H groups in total. The molecule has 0 saturated heterocycles. The third-order valence-corrected chi connectivity index (χ3v) is 5.07. The highest BCUT2D eigenvalue weighted by Crippen LogP contribution is 2.18. The van der Waals surface area contributed by atoms with Crippen molar-refractivity contribution in [1.82, 2.24) is 21.5 Å². The molecule has 2 aliphatic carbocycles. The standard InChI is InChI=1S/C22H24N6O4.2ClH/c29-19(23-17-5-6-17)13-27-9-1-3-15(11-27)21(31)25-26-22(32)16-4-2-10-28(12-16)14-20(30)24-18-7-8-18;;/h1-4,9-12,17-18H,5-8,13-14H2,(H2-2,23,24,25,26,29,30,31,32);2*1H. The van der Waals surface area contributed by atoms with Crippen LogP contribution >= 0.6 is 0 Å². The molecule has 0 unspecified atom stereocenters. The summed E-state index contributed by atoms with van der Waals surface area (Å²) in [5.74, 6) is -1.23. The Kier molecular flexibility index (Phi) is 9.76. The summed E-state index contributed by atoms with van der Waals surface area (Å²) in [6.07, 6.45) is 10.5. The predicted octanol–water partition coefficient (Wildman–Crippen LogP) is -7.10. The smallest absolute Gasteiger partial charge is 0.286 e. The molecule has 2 aromatic rings. The van der Waals surface area contributed by atoms with Gasteiger partial charge >= 0.3 is 0 Å². The van der Waals surface area contributed by atoms with E-state index < -0.39 is 11.8 Å². The minimum absolute atomic E-state index is 0. The molecule has 0 aromatic carbocycles. The third-order valence-electron chi connectivity index (χ3n) is 5.07. The van der Waals surface area contributed by atoms with Crippen molar-refractivity contribution in [2.75, 3.05) is 0 Å². The zero-order chi connectivity index (χ0) is 22.5. The number of carbonyl (C=O) groups is 4. The molecular weight excluding hydrogens is 483 g/mol. The van der Waals surface area contributed by atoms with E-state index >= 15 is 0 Å². The van der Waals surface area contributed by atoms with Gasteiger partial charge in [-0.1, -0.05) is 0 Å². The summed E-state index contributed by atoms with van der Waals surface area (Å²) in [6, 6.07) is 7.04. The van der Waals surface area contributed by atoms with E-state index in [1.165, 1.54) is 0 Å². The average Bonchev–Trinajstić information content (AvgIpc) is 3.70. The molecule has 2 heterocycles. The molecule has 2 aliphatic rings. The van der Waals surface area contributed by atoms with Crippen molar-refractivity contribution in [3.05, 3.63) is 60.2 Å². The Morgan fingerprint density at radius 1 is 0.706 bits per heavy atom. The Morgan fingerprint density at radius 2 is 1.09 bits per heavy atom. The number of pyridine rings is 2. The summed E-state index contributed by atoms with van der Waals surface area (Å²) in [6.45, 7) is 0.227. The number of hydrogen-bond acceptors (Lipinski definition) is 4. The number of amides is 4. The number of nitrogens with zero attached hydrogens (tertiary/aromatic N) is 2. The first-order valence-electron chi connectivity index (χ1n) is 10.6. The lowest BCUT2D eigenvalue weighted by Crippen LogP contribution is -3.00. The fourth-order valence-electron chi connectivity index (χ4n) is 3.10. The first kappa shape index (κ1) is 27.0. The Labute approximate surface area is 209 Å². The van der Waals surface area contributed by atoms with Crippen molar-refractivity contribution in [3.8, 4) is 0 Å². The molecule has 2 saturated carbocycles. The van der Waals surface area contributed by atoms with Crippen molar-refractivity contribution in [2.24, 2.45) is 0 Å². The van der Waals surface area contributed by atoms with Gasteiger partial charge < -0.3 is 35.4 Å². The number of carbonyl (C=O) groups excluding carboxylic acids is 4. The van der Waals surface area contributed by atoms with Gasteiger partial charge in [-0.2, -0.15) is 9.13 Å². The molecule has 4 rings (SSSR count). The number of hydrazine groups is 1. The summed E-state index contributed by atoms with van der Waals surface area (Å²) < 4.78 is 3.22. The van der Waals surface area contributed by atoms with Gasteiger partial charge in [0.2, 0.25) is 13.1 Å². The second-order valence-corrected chi connectivity index (χ2v) is 8.12. The summed E-state index contributed by atoms with van der Waals surface area (Å²) in [5.41, 5.74) is 5.34. The molecule has 12 heteroatoms. The van der Waals surface area contributed by atoms with E-state index in [-0.39, 0.29) is 61.8 Å². The van der Waals surface area contributed by atoms with Crippen molar-refractivity contribution in [1.29, 1.82) is 0 Å². The maximum Gasteiger partial charge on any atom is 0.286 e. The normalized spacial score (nSPS) is 14.0. The molecule has 34 heavy (non-hydrogen) atoms. The van der Waals surface area contributed by atoms with Crippen LogP contribution in [0.2, 0.25) is 0 Å². The van der Waals surface area contributed by atoms with E-state index in [2.05, 4.69) is 21.5 Å². The minimum Gasteiger partial charge on any atom is -1.00 e. The van der Waals surface area contributed by atoms with Crippen LogP contribution in [-0.4, -0.2) is 35.7 Å². The van der Waals surface area contributed by atoms with Gasteiger partial charge in [0.15, 0.2) is 24.8 Å². The lowest BCUT2D eigenvalue weighted by atomic mass is 10.2. The molecular formula is C22H26Cl2N6O4. The number of aromatic nitrogens is 2. The summed E-state index contributed by atoms with van der Waals surface area (Å²) >= 11 is 0. The van der Waals surface area contributed by atoms with Crippen molar-refractivity contribution in [2.45, 2.75) is 50.9 Å². The Hall–Kier alpha value is -3.24. The summed E-state index contributed by atoms with van der Waals surface area (Å²) in [4.78, 5) is 48.8. The van der Waals surface area contributed by atoms with E-state index in [4.69, 9.17) is 0 Å². The van der Waals surface area contributed by atoms with Gasteiger partial charge in [-0.05, 0) is 37.8 Å². The fourth-order valence-corrected chi connectivity index (χ4v) is 3.10. The van der Waals surface area contributed by atoms with Crippen LogP contribution in [0.5, 0.6) is 0 Å².